The van der Waals surface area contributed by atoms with Crippen LogP contribution in [-0.2, 0) is 0 Å². The van der Waals surface area contributed by atoms with Crippen molar-refractivity contribution in [1.82, 2.24) is 9.88 Å². The summed E-state index contributed by atoms with van der Waals surface area (Å²) in [7, 11) is 0. The van der Waals surface area contributed by atoms with Gasteiger partial charge in [0.25, 0.3) is 5.91 Å². The second kappa shape index (κ2) is 8.07. The monoisotopic (exact) mass is 376 g/mol. The number of benzene rings is 2. The smallest absolute Gasteiger partial charge is 0.250 e. The molecule has 1 saturated heterocycles. The number of carbonyl (C=O) groups is 1. The number of fused-ring (bicyclic) bond motifs is 1. The predicted molar refractivity (Wildman–Crippen MR) is 116 cm³/mol. The summed E-state index contributed by atoms with van der Waals surface area (Å²) < 4.78 is 0. The van der Waals surface area contributed by atoms with Crippen LogP contribution >= 0.6 is 0 Å². The molecule has 28 heavy (non-hydrogen) atoms. The largest absolute Gasteiger partial charge is 0.385 e. The van der Waals surface area contributed by atoms with Crippen molar-refractivity contribution >= 4 is 22.5 Å². The van der Waals surface area contributed by atoms with E-state index in [0.717, 1.165) is 29.4 Å². The Labute approximate surface area is 165 Å². The molecule has 4 rings (SSSR count). The number of nitrogens with two attached hydrogens (primary N) is 1. The minimum absolute atomic E-state index is 0.413. The van der Waals surface area contributed by atoms with Crippen molar-refractivity contribution in [2.45, 2.75) is 26.2 Å². The standard InChI is InChI=1S/C23H28N4O/c1-16-17(18-8-9-20(23(24)28)22-19(18)10-12-26-22)6-4-7-21(16)25-11-5-15-27-13-2-3-14-27/h4,6-10,12,25-26H,2-3,5,11,13-15H2,1H3,(H2,24,28). The summed E-state index contributed by atoms with van der Waals surface area (Å²) in [4.78, 5) is 17.4. The van der Waals surface area contributed by atoms with Gasteiger partial charge >= 0.3 is 0 Å². The van der Waals surface area contributed by atoms with Crippen molar-refractivity contribution in [3.8, 4) is 11.1 Å². The zero-order valence-corrected chi connectivity index (χ0v) is 16.4. The summed E-state index contributed by atoms with van der Waals surface area (Å²) in [6.45, 7) is 6.80. The number of amides is 1. The van der Waals surface area contributed by atoms with Crippen LogP contribution in [0, 0.1) is 6.92 Å². The maximum atomic E-state index is 11.7. The average Bonchev–Trinajstić information content (AvgIpc) is 3.37. The third-order valence-corrected chi connectivity index (χ3v) is 5.78. The number of aromatic amines is 1. The highest BCUT2D eigenvalue weighted by Gasteiger charge is 2.15. The van der Waals surface area contributed by atoms with E-state index in [1.807, 2.05) is 24.4 Å². The summed E-state index contributed by atoms with van der Waals surface area (Å²) in [5.41, 5.74) is 11.5. The molecule has 146 valence electrons. The van der Waals surface area contributed by atoms with E-state index in [2.05, 4.69) is 40.3 Å². The fraction of sp³-hybridized carbons (Fsp3) is 0.348. The van der Waals surface area contributed by atoms with E-state index in [4.69, 9.17) is 5.73 Å². The first-order valence-corrected chi connectivity index (χ1v) is 10.1. The Morgan fingerprint density at radius 3 is 2.75 bits per heavy atom. The number of H-pyrrole nitrogens is 1. The SMILES string of the molecule is Cc1c(NCCCN2CCCC2)cccc1-c1ccc(C(N)=O)c2[nH]ccc12. The minimum atomic E-state index is -0.413. The molecule has 1 aliphatic heterocycles. The molecule has 3 aromatic rings. The normalized spacial score (nSPS) is 14.6. The quantitative estimate of drug-likeness (QED) is 0.543. The highest BCUT2D eigenvalue weighted by molar-refractivity contribution is 6.09. The lowest BCUT2D eigenvalue weighted by atomic mass is 9.94. The zero-order chi connectivity index (χ0) is 19.5. The first-order chi connectivity index (χ1) is 13.6. The second-order valence-electron chi connectivity index (χ2n) is 7.60. The molecular formula is C23H28N4O. The molecule has 5 heteroatoms. The number of hydrogen-bond acceptors (Lipinski definition) is 3. The van der Waals surface area contributed by atoms with Gasteiger partial charge in [-0.15, -0.1) is 0 Å². The first-order valence-electron chi connectivity index (χ1n) is 10.1. The van der Waals surface area contributed by atoms with Gasteiger partial charge in [0.2, 0.25) is 0 Å². The molecule has 5 nitrogen and oxygen atoms in total. The summed E-state index contributed by atoms with van der Waals surface area (Å²) >= 11 is 0. The lowest BCUT2D eigenvalue weighted by molar-refractivity contribution is 0.100. The van der Waals surface area contributed by atoms with Crippen LogP contribution in [0.15, 0.2) is 42.6 Å². The third-order valence-electron chi connectivity index (χ3n) is 5.78. The van der Waals surface area contributed by atoms with E-state index in [-0.39, 0.29) is 0 Å². The van der Waals surface area contributed by atoms with Crippen LogP contribution in [0.5, 0.6) is 0 Å². The van der Waals surface area contributed by atoms with Crippen LogP contribution in [0.1, 0.15) is 35.2 Å². The Hall–Kier alpha value is -2.79. The van der Waals surface area contributed by atoms with Crippen LogP contribution in [0.2, 0.25) is 0 Å². The highest BCUT2D eigenvalue weighted by atomic mass is 16.1. The Balaban J connectivity index is 1.55. The molecule has 0 atom stereocenters. The van der Waals surface area contributed by atoms with Crippen LogP contribution in [-0.4, -0.2) is 42.0 Å². The zero-order valence-electron chi connectivity index (χ0n) is 16.4. The molecule has 0 aliphatic carbocycles. The van der Waals surface area contributed by atoms with Crippen molar-refractivity contribution in [3.63, 3.8) is 0 Å². The summed E-state index contributed by atoms with van der Waals surface area (Å²) in [6, 6.07) is 12.2. The van der Waals surface area contributed by atoms with Gasteiger partial charge in [-0.1, -0.05) is 18.2 Å². The van der Waals surface area contributed by atoms with E-state index in [9.17, 15) is 4.79 Å². The number of carbonyl (C=O) groups excluding carboxylic acids is 1. The summed E-state index contributed by atoms with van der Waals surface area (Å²) in [5.74, 6) is -0.413. The number of hydrogen-bond donors (Lipinski definition) is 3. The number of nitrogens with one attached hydrogen (secondary N) is 2. The van der Waals surface area contributed by atoms with Gasteiger partial charge in [0, 0.05) is 23.8 Å². The topological polar surface area (TPSA) is 74.2 Å². The fourth-order valence-corrected chi connectivity index (χ4v) is 4.25. The van der Waals surface area contributed by atoms with Gasteiger partial charge < -0.3 is 20.9 Å². The number of nitrogens with zero attached hydrogens (tertiary/aromatic N) is 1. The predicted octanol–water partition coefficient (Wildman–Crippen LogP) is 4.14. The van der Waals surface area contributed by atoms with Gasteiger partial charge in [-0.3, -0.25) is 4.79 Å². The molecule has 1 amide bonds. The van der Waals surface area contributed by atoms with Gasteiger partial charge in [-0.2, -0.15) is 0 Å². The number of anilines is 1. The van der Waals surface area contributed by atoms with E-state index in [1.54, 1.807) is 0 Å². The molecular weight excluding hydrogens is 348 g/mol. The number of aromatic nitrogens is 1. The van der Waals surface area contributed by atoms with E-state index in [1.165, 1.54) is 49.3 Å². The lowest BCUT2D eigenvalue weighted by Gasteiger charge is -2.17. The van der Waals surface area contributed by atoms with Crippen LogP contribution < -0.4 is 11.1 Å². The molecule has 2 heterocycles. The van der Waals surface area contributed by atoms with Crippen LogP contribution in [0.3, 0.4) is 0 Å². The molecule has 2 aromatic carbocycles. The third kappa shape index (κ3) is 3.62. The second-order valence-corrected chi connectivity index (χ2v) is 7.60. The minimum Gasteiger partial charge on any atom is -0.385 e. The average molecular weight is 377 g/mol. The van der Waals surface area contributed by atoms with Crippen molar-refractivity contribution < 1.29 is 4.79 Å². The van der Waals surface area contributed by atoms with Crippen LogP contribution in [0.4, 0.5) is 5.69 Å². The molecule has 0 unspecified atom stereocenters. The lowest BCUT2D eigenvalue weighted by Crippen LogP contribution is -2.22. The van der Waals surface area contributed by atoms with Gasteiger partial charge in [0.15, 0.2) is 0 Å². The number of likely N-dealkylation sites (tertiary alicyclic amines) is 1. The fourth-order valence-electron chi connectivity index (χ4n) is 4.25. The van der Waals surface area contributed by atoms with E-state index >= 15 is 0 Å². The molecule has 0 bridgehead atoms. The van der Waals surface area contributed by atoms with Crippen molar-refractivity contribution in [2.24, 2.45) is 5.73 Å². The van der Waals surface area contributed by atoms with Gasteiger partial charge in [0.05, 0.1) is 11.1 Å². The number of primary amides is 1. The Bertz CT molecular complexity index is 985. The molecule has 0 spiro atoms. The van der Waals surface area contributed by atoms with E-state index < -0.39 is 5.91 Å². The molecule has 1 fully saturated rings. The first kappa shape index (κ1) is 18.6. The maximum Gasteiger partial charge on any atom is 0.250 e. The molecule has 1 aliphatic rings. The molecule has 0 saturated carbocycles. The summed E-state index contributed by atoms with van der Waals surface area (Å²) in [6.07, 6.45) is 5.70. The van der Waals surface area contributed by atoms with Gasteiger partial charge in [-0.25, -0.2) is 0 Å². The molecule has 4 N–H and O–H groups in total. The number of rotatable bonds is 7. The van der Waals surface area contributed by atoms with E-state index in [0.29, 0.717) is 5.56 Å². The molecule has 0 radical (unpaired) electrons. The Morgan fingerprint density at radius 2 is 1.96 bits per heavy atom. The van der Waals surface area contributed by atoms with Gasteiger partial charge in [0.1, 0.15) is 0 Å². The van der Waals surface area contributed by atoms with Crippen molar-refractivity contribution in [2.75, 3.05) is 31.5 Å². The molecule has 1 aromatic heterocycles. The van der Waals surface area contributed by atoms with Crippen molar-refractivity contribution in [1.29, 1.82) is 0 Å². The Morgan fingerprint density at radius 1 is 1.14 bits per heavy atom. The van der Waals surface area contributed by atoms with Crippen LogP contribution in [0.25, 0.3) is 22.0 Å². The summed E-state index contributed by atoms with van der Waals surface area (Å²) in [5, 5.41) is 4.63. The van der Waals surface area contributed by atoms with Crippen molar-refractivity contribution in [3.05, 3.63) is 53.7 Å². The Kier molecular flexibility index (Phi) is 5.35. The maximum absolute atomic E-state index is 11.7. The highest BCUT2D eigenvalue weighted by Crippen LogP contribution is 2.34. The van der Waals surface area contributed by atoms with Gasteiger partial charge in [-0.05, 0) is 80.7 Å².